The highest BCUT2D eigenvalue weighted by Crippen LogP contribution is 2.33. The molecule has 0 aliphatic heterocycles. The molecule has 6 nitrogen and oxygen atoms in total. The third-order valence-electron chi connectivity index (χ3n) is 4.03. The van der Waals surface area contributed by atoms with Gasteiger partial charge in [0.15, 0.2) is 5.78 Å². The fourth-order valence-electron chi connectivity index (χ4n) is 2.82. The lowest BCUT2D eigenvalue weighted by Crippen LogP contribution is -2.25. The fraction of sp³-hybridized carbons (Fsp3) is 0.176. The van der Waals surface area contributed by atoms with Gasteiger partial charge in [0, 0.05) is 5.56 Å². The van der Waals surface area contributed by atoms with Crippen LogP contribution < -0.4 is 0 Å². The first-order valence-corrected chi connectivity index (χ1v) is 8.47. The first kappa shape index (κ1) is 14.9. The largest absolute Gasteiger partial charge is 0.508 e. The van der Waals surface area contributed by atoms with Gasteiger partial charge in [0.2, 0.25) is 5.16 Å². The summed E-state index contributed by atoms with van der Waals surface area (Å²) in [5, 5.41) is 21.5. The van der Waals surface area contributed by atoms with Crippen LogP contribution in [0.5, 0.6) is 5.75 Å². The van der Waals surface area contributed by atoms with Gasteiger partial charge in [0.1, 0.15) is 5.75 Å². The van der Waals surface area contributed by atoms with Crippen LogP contribution in [-0.2, 0) is 6.42 Å². The van der Waals surface area contributed by atoms with E-state index in [2.05, 4.69) is 15.5 Å². The lowest BCUT2D eigenvalue weighted by atomic mass is 9.90. The highest BCUT2D eigenvalue weighted by molar-refractivity contribution is 8.00. The van der Waals surface area contributed by atoms with E-state index in [4.69, 9.17) is 0 Å². The van der Waals surface area contributed by atoms with E-state index in [9.17, 15) is 9.90 Å². The number of thioether (sulfide) groups is 1. The molecule has 1 heterocycles. The van der Waals surface area contributed by atoms with Crippen molar-refractivity contribution in [3.05, 3.63) is 59.7 Å². The van der Waals surface area contributed by atoms with Crippen molar-refractivity contribution in [3.63, 3.8) is 0 Å². The molecule has 2 aromatic carbocycles. The van der Waals surface area contributed by atoms with Crippen molar-refractivity contribution >= 4 is 17.5 Å². The Morgan fingerprint density at radius 2 is 1.92 bits per heavy atom. The summed E-state index contributed by atoms with van der Waals surface area (Å²) in [6, 6.07) is 14.4. The number of ketones is 1. The zero-order valence-electron chi connectivity index (χ0n) is 12.7. The summed E-state index contributed by atoms with van der Waals surface area (Å²) in [5.41, 5.74) is 2.64. The van der Waals surface area contributed by atoms with E-state index in [0.29, 0.717) is 5.16 Å². The van der Waals surface area contributed by atoms with Crippen molar-refractivity contribution in [1.82, 2.24) is 20.2 Å². The molecule has 0 saturated heterocycles. The number of carbonyl (C=O) groups excluding carboxylic acids is 1. The SMILES string of the molecule is O=C1c2ccccc2CCC1Sc1nnnn1-c1ccc(O)cc1. The Balaban J connectivity index is 1.60. The van der Waals surface area contributed by atoms with Crippen molar-refractivity contribution < 1.29 is 9.90 Å². The summed E-state index contributed by atoms with van der Waals surface area (Å²) in [7, 11) is 0. The topological polar surface area (TPSA) is 80.9 Å². The number of aromatic hydroxyl groups is 1. The van der Waals surface area contributed by atoms with Crippen molar-refractivity contribution in [2.24, 2.45) is 0 Å². The van der Waals surface area contributed by atoms with E-state index < -0.39 is 0 Å². The molecule has 4 rings (SSSR count). The van der Waals surface area contributed by atoms with Crippen LogP contribution in [0.1, 0.15) is 22.3 Å². The van der Waals surface area contributed by atoms with Gasteiger partial charge in [-0.05, 0) is 53.1 Å². The number of tetrazole rings is 1. The van der Waals surface area contributed by atoms with E-state index in [1.165, 1.54) is 11.8 Å². The summed E-state index contributed by atoms with van der Waals surface area (Å²) in [6.45, 7) is 0. The number of Topliss-reactive ketones (excluding diaryl/α,β-unsaturated/α-hetero) is 1. The Bertz CT molecular complexity index is 892. The van der Waals surface area contributed by atoms with E-state index >= 15 is 0 Å². The highest BCUT2D eigenvalue weighted by atomic mass is 32.2. The van der Waals surface area contributed by atoms with E-state index in [1.807, 2.05) is 24.3 Å². The van der Waals surface area contributed by atoms with Crippen molar-refractivity contribution in [3.8, 4) is 11.4 Å². The van der Waals surface area contributed by atoms with Gasteiger partial charge in [-0.1, -0.05) is 36.0 Å². The molecule has 7 heteroatoms. The molecular weight excluding hydrogens is 324 g/mol. The predicted molar refractivity (Wildman–Crippen MR) is 89.6 cm³/mol. The van der Waals surface area contributed by atoms with Crippen molar-refractivity contribution in [1.29, 1.82) is 0 Å². The summed E-state index contributed by atoms with van der Waals surface area (Å²) in [4.78, 5) is 12.7. The van der Waals surface area contributed by atoms with Crippen LogP contribution in [0.15, 0.2) is 53.7 Å². The number of phenols is 1. The van der Waals surface area contributed by atoms with Crippen LogP contribution in [-0.4, -0.2) is 36.3 Å². The molecule has 0 bridgehead atoms. The van der Waals surface area contributed by atoms with Crippen molar-refractivity contribution in [2.45, 2.75) is 23.2 Å². The maximum atomic E-state index is 12.7. The van der Waals surface area contributed by atoms with Crippen LogP contribution in [0.2, 0.25) is 0 Å². The molecule has 24 heavy (non-hydrogen) atoms. The molecule has 1 aliphatic rings. The Hall–Kier alpha value is -2.67. The Kier molecular flexibility index (Phi) is 3.78. The molecule has 1 aliphatic carbocycles. The van der Waals surface area contributed by atoms with Gasteiger partial charge in [0.25, 0.3) is 0 Å². The molecule has 1 unspecified atom stereocenters. The molecule has 0 spiro atoms. The quantitative estimate of drug-likeness (QED) is 0.791. The van der Waals surface area contributed by atoms with E-state index in [1.54, 1.807) is 28.9 Å². The average Bonchev–Trinajstić information content (AvgIpc) is 3.06. The van der Waals surface area contributed by atoms with Gasteiger partial charge in [-0.25, -0.2) is 0 Å². The second kappa shape index (κ2) is 6.09. The lowest BCUT2D eigenvalue weighted by molar-refractivity contribution is 0.0979. The van der Waals surface area contributed by atoms with Gasteiger partial charge in [-0.15, -0.1) is 5.10 Å². The summed E-state index contributed by atoms with van der Waals surface area (Å²) < 4.78 is 1.58. The van der Waals surface area contributed by atoms with Crippen LogP contribution in [0.25, 0.3) is 5.69 Å². The van der Waals surface area contributed by atoms with Gasteiger partial charge >= 0.3 is 0 Å². The number of carbonyl (C=O) groups is 1. The number of rotatable bonds is 3. The number of aromatic nitrogens is 4. The highest BCUT2D eigenvalue weighted by Gasteiger charge is 2.29. The molecule has 0 fully saturated rings. The van der Waals surface area contributed by atoms with Crippen LogP contribution in [0.4, 0.5) is 0 Å². The van der Waals surface area contributed by atoms with Crippen LogP contribution in [0.3, 0.4) is 0 Å². The fourth-order valence-corrected chi connectivity index (χ4v) is 3.87. The molecule has 3 aromatic rings. The molecule has 1 N–H and O–H groups in total. The number of hydrogen-bond donors (Lipinski definition) is 1. The molecule has 0 saturated carbocycles. The first-order chi connectivity index (χ1) is 11.7. The molecule has 0 radical (unpaired) electrons. The number of phenolic OH excluding ortho intramolecular Hbond substituents is 1. The molecular formula is C17H14N4O2S. The normalized spacial score (nSPS) is 16.8. The maximum absolute atomic E-state index is 12.7. The molecule has 0 amide bonds. The van der Waals surface area contributed by atoms with Gasteiger partial charge in [-0.3, -0.25) is 4.79 Å². The monoisotopic (exact) mass is 338 g/mol. The van der Waals surface area contributed by atoms with Crippen LogP contribution >= 0.6 is 11.8 Å². The maximum Gasteiger partial charge on any atom is 0.214 e. The van der Waals surface area contributed by atoms with Crippen LogP contribution in [0, 0.1) is 0 Å². The summed E-state index contributed by atoms with van der Waals surface area (Å²) in [5.74, 6) is 0.308. The second-order valence-corrected chi connectivity index (χ2v) is 6.73. The summed E-state index contributed by atoms with van der Waals surface area (Å²) in [6.07, 6.45) is 1.64. The standard InChI is InChI=1S/C17H14N4O2S/c22-13-8-6-12(7-9-13)21-17(18-19-20-21)24-15-10-5-11-3-1-2-4-14(11)16(15)23/h1-4,6-9,15,22H,5,10H2. The Labute approximate surface area is 142 Å². The van der Waals surface area contributed by atoms with E-state index in [-0.39, 0.29) is 16.8 Å². The number of fused-ring (bicyclic) bond motifs is 1. The third-order valence-corrected chi connectivity index (χ3v) is 5.23. The number of benzene rings is 2. The van der Waals surface area contributed by atoms with Gasteiger partial charge in [-0.2, -0.15) is 4.68 Å². The Morgan fingerprint density at radius 3 is 2.75 bits per heavy atom. The molecule has 1 atom stereocenters. The minimum atomic E-state index is -0.193. The predicted octanol–water partition coefficient (Wildman–Crippen LogP) is 2.66. The number of aryl methyl sites for hydroxylation is 1. The van der Waals surface area contributed by atoms with Gasteiger partial charge < -0.3 is 5.11 Å². The average molecular weight is 338 g/mol. The minimum Gasteiger partial charge on any atom is -0.508 e. The first-order valence-electron chi connectivity index (χ1n) is 7.59. The zero-order chi connectivity index (χ0) is 16.5. The lowest BCUT2D eigenvalue weighted by Gasteiger charge is -2.22. The second-order valence-electron chi connectivity index (χ2n) is 5.56. The summed E-state index contributed by atoms with van der Waals surface area (Å²) >= 11 is 1.38. The minimum absolute atomic E-state index is 0.127. The Morgan fingerprint density at radius 1 is 1.12 bits per heavy atom. The van der Waals surface area contributed by atoms with Gasteiger partial charge in [0.05, 0.1) is 10.9 Å². The smallest absolute Gasteiger partial charge is 0.214 e. The zero-order valence-corrected chi connectivity index (χ0v) is 13.5. The van der Waals surface area contributed by atoms with Crippen molar-refractivity contribution in [2.75, 3.05) is 0 Å². The number of nitrogens with zero attached hydrogens (tertiary/aromatic N) is 4. The number of hydrogen-bond acceptors (Lipinski definition) is 6. The van der Waals surface area contributed by atoms with E-state index in [0.717, 1.165) is 29.7 Å². The molecule has 1 aromatic heterocycles. The molecule has 120 valence electrons. The third kappa shape index (κ3) is 2.67.